The smallest absolute Gasteiger partial charge is 0.357 e. The molecule has 0 bridgehead atoms. The second-order valence-corrected chi connectivity index (χ2v) is 11.6. The van der Waals surface area contributed by atoms with Crippen LogP contribution in [0.3, 0.4) is 0 Å². The Morgan fingerprint density at radius 2 is 1.68 bits per heavy atom. The van der Waals surface area contributed by atoms with Crippen LogP contribution in [0.5, 0.6) is 0 Å². The van der Waals surface area contributed by atoms with Gasteiger partial charge in [0.25, 0.3) is 0 Å². The molecule has 41 heavy (non-hydrogen) atoms. The minimum Gasteiger partial charge on any atom is -0.455 e. The van der Waals surface area contributed by atoms with Crippen molar-refractivity contribution in [2.45, 2.75) is 71.9 Å². The first-order chi connectivity index (χ1) is 19.3. The normalized spacial score (nSPS) is 15.1. The number of esters is 1. The molecule has 1 saturated heterocycles. The number of benzene rings is 2. The lowest BCUT2D eigenvalue weighted by Gasteiger charge is -2.24. The van der Waals surface area contributed by atoms with E-state index in [1.165, 1.54) is 11.0 Å². The average molecular weight is 561 g/mol. The van der Waals surface area contributed by atoms with E-state index in [9.17, 15) is 18.8 Å². The van der Waals surface area contributed by atoms with Gasteiger partial charge in [-0.1, -0.05) is 38.1 Å². The maximum absolute atomic E-state index is 14.4. The van der Waals surface area contributed by atoms with E-state index in [0.717, 1.165) is 11.1 Å². The van der Waals surface area contributed by atoms with Gasteiger partial charge in [-0.25, -0.2) is 19.0 Å². The lowest BCUT2D eigenvalue weighted by atomic mass is 10.0. The van der Waals surface area contributed by atoms with E-state index in [1.54, 1.807) is 51.1 Å². The van der Waals surface area contributed by atoms with Crippen LogP contribution in [0.4, 0.5) is 20.6 Å². The number of amides is 3. The van der Waals surface area contributed by atoms with E-state index in [1.807, 2.05) is 39.0 Å². The van der Waals surface area contributed by atoms with Crippen LogP contribution in [0.2, 0.25) is 0 Å². The SMILES string of the molecule is Cc1nc(C(=O)OC(C)(C)C)ccc1-c1ccc(NC(=O)[C@H]2CCCN2C(=O)Nc2ccc(C(C)C)c(F)c2)cc1. The van der Waals surface area contributed by atoms with Gasteiger partial charge in [-0.05, 0) is 87.9 Å². The molecule has 9 heteroatoms. The average Bonchev–Trinajstić information content (AvgIpc) is 3.39. The first-order valence-electron chi connectivity index (χ1n) is 13.8. The molecule has 1 fully saturated rings. The number of hydrogen-bond donors (Lipinski definition) is 2. The van der Waals surface area contributed by atoms with E-state index in [0.29, 0.717) is 42.0 Å². The third kappa shape index (κ3) is 7.28. The summed E-state index contributed by atoms with van der Waals surface area (Å²) in [6, 6.07) is 14.3. The van der Waals surface area contributed by atoms with Gasteiger partial charge in [-0.3, -0.25) is 4.79 Å². The molecule has 2 aromatic carbocycles. The third-order valence-corrected chi connectivity index (χ3v) is 6.85. The lowest BCUT2D eigenvalue weighted by molar-refractivity contribution is -0.119. The summed E-state index contributed by atoms with van der Waals surface area (Å²) in [6.07, 6.45) is 1.23. The number of nitrogens with zero attached hydrogens (tertiary/aromatic N) is 2. The summed E-state index contributed by atoms with van der Waals surface area (Å²) >= 11 is 0. The molecule has 0 radical (unpaired) electrons. The van der Waals surface area contributed by atoms with Gasteiger partial charge in [-0.2, -0.15) is 0 Å². The Balaban J connectivity index is 1.39. The summed E-state index contributed by atoms with van der Waals surface area (Å²) in [4.78, 5) is 44.3. The minimum absolute atomic E-state index is 0.0332. The maximum atomic E-state index is 14.4. The number of urea groups is 1. The van der Waals surface area contributed by atoms with Crippen LogP contribution < -0.4 is 10.6 Å². The molecule has 0 aliphatic carbocycles. The zero-order chi connectivity index (χ0) is 29.9. The summed E-state index contributed by atoms with van der Waals surface area (Å²) < 4.78 is 19.8. The summed E-state index contributed by atoms with van der Waals surface area (Å²) in [5.74, 6) is -1.10. The van der Waals surface area contributed by atoms with Crippen LogP contribution in [0.15, 0.2) is 54.6 Å². The molecule has 1 aliphatic rings. The lowest BCUT2D eigenvalue weighted by Crippen LogP contribution is -2.45. The Hall–Kier alpha value is -4.27. The van der Waals surface area contributed by atoms with E-state index >= 15 is 0 Å². The van der Waals surface area contributed by atoms with Crippen molar-refractivity contribution in [3.05, 3.63) is 77.4 Å². The summed E-state index contributed by atoms with van der Waals surface area (Å²) in [5, 5.41) is 5.63. The van der Waals surface area contributed by atoms with Crippen LogP contribution >= 0.6 is 0 Å². The van der Waals surface area contributed by atoms with Gasteiger partial charge >= 0.3 is 12.0 Å². The number of hydrogen-bond acceptors (Lipinski definition) is 5. The maximum Gasteiger partial charge on any atom is 0.357 e. The molecule has 1 aliphatic heterocycles. The monoisotopic (exact) mass is 560 g/mol. The van der Waals surface area contributed by atoms with Crippen molar-refractivity contribution in [2.75, 3.05) is 17.2 Å². The number of pyridine rings is 1. The van der Waals surface area contributed by atoms with Gasteiger partial charge in [0.2, 0.25) is 5.91 Å². The molecule has 0 spiro atoms. The Labute approximate surface area is 240 Å². The molecule has 0 saturated carbocycles. The zero-order valence-electron chi connectivity index (χ0n) is 24.4. The van der Waals surface area contributed by atoms with Gasteiger partial charge < -0.3 is 20.3 Å². The Kier molecular flexibility index (Phi) is 8.75. The largest absolute Gasteiger partial charge is 0.455 e. The second-order valence-electron chi connectivity index (χ2n) is 11.6. The quantitative estimate of drug-likeness (QED) is 0.319. The fourth-order valence-electron chi connectivity index (χ4n) is 4.82. The van der Waals surface area contributed by atoms with Crippen molar-refractivity contribution in [3.63, 3.8) is 0 Å². The van der Waals surface area contributed by atoms with E-state index in [2.05, 4.69) is 15.6 Å². The molecule has 4 rings (SSSR count). The van der Waals surface area contributed by atoms with E-state index in [-0.39, 0.29) is 23.3 Å². The van der Waals surface area contributed by atoms with Gasteiger partial charge in [0.15, 0.2) is 0 Å². The number of rotatable bonds is 6. The summed E-state index contributed by atoms with van der Waals surface area (Å²) in [5.41, 5.74) is 3.56. The molecule has 1 atom stereocenters. The zero-order valence-corrected chi connectivity index (χ0v) is 24.4. The van der Waals surface area contributed by atoms with Gasteiger partial charge in [-0.15, -0.1) is 0 Å². The molecular formula is C32H37FN4O4. The van der Waals surface area contributed by atoms with Crippen molar-refractivity contribution in [1.29, 1.82) is 0 Å². The Morgan fingerprint density at radius 3 is 2.29 bits per heavy atom. The van der Waals surface area contributed by atoms with E-state index < -0.39 is 23.6 Å². The first-order valence-corrected chi connectivity index (χ1v) is 13.8. The van der Waals surface area contributed by atoms with Crippen molar-refractivity contribution in [2.24, 2.45) is 0 Å². The number of carbonyl (C=O) groups excluding carboxylic acids is 3. The van der Waals surface area contributed by atoms with Crippen LogP contribution in [-0.2, 0) is 9.53 Å². The summed E-state index contributed by atoms with van der Waals surface area (Å²) in [6.45, 7) is 11.5. The van der Waals surface area contributed by atoms with Crippen molar-refractivity contribution in [1.82, 2.24) is 9.88 Å². The fraction of sp³-hybridized carbons (Fsp3) is 0.375. The molecule has 1 aromatic heterocycles. The number of nitrogens with one attached hydrogen (secondary N) is 2. The Morgan fingerprint density at radius 1 is 1.00 bits per heavy atom. The number of carbonyl (C=O) groups is 3. The first kappa shape index (κ1) is 29.7. The fourth-order valence-corrected chi connectivity index (χ4v) is 4.82. The number of likely N-dealkylation sites (tertiary alicyclic amines) is 1. The highest BCUT2D eigenvalue weighted by Gasteiger charge is 2.34. The summed E-state index contributed by atoms with van der Waals surface area (Å²) in [7, 11) is 0. The molecule has 2 heterocycles. The van der Waals surface area contributed by atoms with Crippen LogP contribution in [0.25, 0.3) is 11.1 Å². The van der Waals surface area contributed by atoms with Gasteiger partial charge in [0.05, 0.1) is 0 Å². The second kappa shape index (κ2) is 12.1. The van der Waals surface area contributed by atoms with Crippen LogP contribution in [-0.4, -0.2) is 46.0 Å². The van der Waals surface area contributed by atoms with Crippen molar-refractivity contribution in [3.8, 4) is 11.1 Å². The van der Waals surface area contributed by atoms with Gasteiger partial charge in [0.1, 0.15) is 23.2 Å². The standard InChI is InChI=1S/C32H37FN4O4/c1-19(2)24-14-13-23(18-26(24)33)36-31(40)37-17-7-8-28(37)29(38)35-22-11-9-21(10-12-22)25-15-16-27(34-20(25)3)30(39)41-32(4,5)6/h9-16,18-19,28H,7-8,17H2,1-6H3,(H,35,38)(H,36,40)/t28-/m1/s1. The number of anilines is 2. The van der Waals surface area contributed by atoms with Crippen molar-refractivity contribution < 1.29 is 23.5 Å². The highest BCUT2D eigenvalue weighted by Crippen LogP contribution is 2.27. The predicted molar refractivity (Wildman–Crippen MR) is 157 cm³/mol. The third-order valence-electron chi connectivity index (χ3n) is 6.85. The minimum atomic E-state index is -0.638. The highest BCUT2D eigenvalue weighted by molar-refractivity contribution is 5.99. The highest BCUT2D eigenvalue weighted by atomic mass is 19.1. The Bertz CT molecular complexity index is 1450. The van der Waals surface area contributed by atoms with Crippen molar-refractivity contribution >= 4 is 29.3 Å². The molecule has 216 valence electrons. The number of halogens is 1. The van der Waals surface area contributed by atoms with E-state index in [4.69, 9.17) is 4.74 Å². The molecule has 3 aromatic rings. The number of ether oxygens (including phenoxy) is 1. The van der Waals surface area contributed by atoms with Crippen LogP contribution in [0, 0.1) is 12.7 Å². The topological polar surface area (TPSA) is 101 Å². The van der Waals surface area contributed by atoms with Gasteiger partial charge in [0, 0.05) is 29.2 Å². The number of aryl methyl sites for hydroxylation is 1. The van der Waals surface area contributed by atoms with Crippen LogP contribution in [0.1, 0.15) is 75.1 Å². The molecule has 0 unspecified atom stereocenters. The number of aromatic nitrogens is 1. The molecular weight excluding hydrogens is 523 g/mol. The molecule has 3 amide bonds. The molecule has 8 nitrogen and oxygen atoms in total. The molecule has 2 N–H and O–H groups in total. The predicted octanol–water partition coefficient (Wildman–Crippen LogP) is 6.91.